The number of aliphatic hydroxyl groups excluding tert-OH is 1. The van der Waals surface area contributed by atoms with E-state index in [0.717, 1.165) is 16.7 Å². The van der Waals surface area contributed by atoms with Gasteiger partial charge in [-0.25, -0.2) is 4.98 Å². The van der Waals surface area contributed by atoms with Crippen LogP contribution in [-0.4, -0.2) is 16.0 Å². The molecule has 1 aliphatic heterocycles. The molecule has 4 heteroatoms. The highest BCUT2D eigenvalue weighted by molar-refractivity contribution is 6.34. The normalized spacial score (nSPS) is 15.4. The fourth-order valence-electron chi connectivity index (χ4n) is 2.05. The SMILES string of the molecule is O=C1Nc2ncccc2C1=Cc1ccc(CO)cc1. The Labute approximate surface area is 110 Å². The predicted molar refractivity (Wildman–Crippen MR) is 73.1 cm³/mol. The molecule has 2 aromatic rings. The highest BCUT2D eigenvalue weighted by Crippen LogP contribution is 2.30. The van der Waals surface area contributed by atoms with Crippen LogP contribution in [-0.2, 0) is 11.4 Å². The summed E-state index contributed by atoms with van der Waals surface area (Å²) in [6.45, 7) is 0.0179. The van der Waals surface area contributed by atoms with E-state index >= 15 is 0 Å². The molecule has 0 fully saturated rings. The van der Waals surface area contributed by atoms with Gasteiger partial charge in [-0.15, -0.1) is 0 Å². The van der Waals surface area contributed by atoms with Crippen LogP contribution in [0.1, 0.15) is 16.7 Å². The van der Waals surface area contributed by atoms with Gasteiger partial charge in [0.05, 0.1) is 12.2 Å². The number of benzene rings is 1. The fourth-order valence-corrected chi connectivity index (χ4v) is 2.05. The zero-order valence-electron chi connectivity index (χ0n) is 10.1. The van der Waals surface area contributed by atoms with Gasteiger partial charge >= 0.3 is 0 Å². The number of hydrogen-bond donors (Lipinski definition) is 2. The Morgan fingerprint density at radius 1 is 1.21 bits per heavy atom. The maximum absolute atomic E-state index is 11.9. The number of nitrogens with one attached hydrogen (secondary N) is 1. The molecule has 0 saturated carbocycles. The van der Waals surface area contributed by atoms with Crippen molar-refractivity contribution in [1.29, 1.82) is 0 Å². The number of nitrogens with zero attached hydrogens (tertiary/aromatic N) is 1. The third-order valence-corrected chi connectivity index (χ3v) is 3.05. The lowest BCUT2D eigenvalue weighted by Gasteiger charge is -1.99. The first kappa shape index (κ1) is 11.6. The van der Waals surface area contributed by atoms with Crippen LogP contribution in [0.5, 0.6) is 0 Å². The topological polar surface area (TPSA) is 62.2 Å². The van der Waals surface area contributed by atoms with Gasteiger partial charge in [0.2, 0.25) is 0 Å². The van der Waals surface area contributed by atoms with Crippen molar-refractivity contribution in [3.05, 3.63) is 59.3 Å². The number of carbonyl (C=O) groups is 1. The second kappa shape index (κ2) is 4.66. The van der Waals surface area contributed by atoms with E-state index in [2.05, 4.69) is 10.3 Å². The molecular weight excluding hydrogens is 240 g/mol. The molecule has 1 aliphatic rings. The lowest BCUT2D eigenvalue weighted by atomic mass is 10.0. The van der Waals surface area contributed by atoms with Crippen molar-refractivity contribution in [2.45, 2.75) is 6.61 Å². The maximum Gasteiger partial charge on any atom is 0.257 e. The van der Waals surface area contributed by atoms with Gasteiger partial charge in [0.1, 0.15) is 5.82 Å². The number of anilines is 1. The number of rotatable bonds is 2. The lowest BCUT2D eigenvalue weighted by molar-refractivity contribution is -0.110. The van der Waals surface area contributed by atoms with Crippen LogP contribution >= 0.6 is 0 Å². The fraction of sp³-hybridized carbons (Fsp3) is 0.0667. The Morgan fingerprint density at radius 2 is 2.00 bits per heavy atom. The van der Waals surface area contributed by atoms with Gasteiger partial charge < -0.3 is 10.4 Å². The summed E-state index contributed by atoms with van der Waals surface area (Å²) in [7, 11) is 0. The van der Waals surface area contributed by atoms with Crippen molar-refractivity contribution in [3.8, 4) is 0 Å². The Hall–Kier alpha value is -2.46. The van der Waals surface area contributed by atoms with Gasteiger partial charge in [0.25, 0.3) is 5.91 Å². The minimum Gasteiger partial charge on any atom is -0.392 e. The van der Waals surface area contributed by atoms with Crippen LogP contribution in [0.25, 0.3) is 11.6 Å². The minimum absolute atomic E-state index is 0.0179. The van der Waals surface area contributed by atoms with E-state index in [4.69, 9.17) is 5.11 Å². The monoisotopic (exact) mass is 252 g/mol. The van der Waals surface area contributed by atoms with E-state index in [-0.39, 0.29) is 12.5 Å². The number of hydrogen-bond acceptors (Lipinski definition) is 3. The zero-order chi connectivity index (χ0) is 13.2. The number of fused-ring (bicyclic) bond motifs is 1. The third-order valence-electron chi connectivity index (χ3n) is 3.05. The molecule has 0 spiro atoms. The summed E-state index contributed by atoms with van der Waals surface area (Å²) >= 11 is 0. The standard InChI is InChI=1S/C15H12N2O2/c18-9-11-5-3-10(4-6-11)8-13-12-2-1-7-16-14(12)17-15(13)19/h1-8,18H,9H2,(H,16,17,19). The number of amides is 1. The molecule has 0 unspecified atom stereocenters. The van der Waals surface area contributed by atoms with Crippen molar-refractivity contribution in [2.24, 2.45) is 0 Å². The maximum atomic E-state index is 11.9. The van der Waals surface area contributed by atoms with Gasteiger partial charge in [0.15, 0.2) is 0 Å². The molecule has 0 aliphatic carbocycles. The van der Waals surface area contributed by atoms with Crippen LogP contribution in [0.4, 0.5) is 5.82 Å². The summed E-state index contributed by atoms with van der Waals surface area (Å²) in [5.41, 5.74) is 3.19. The molecule has 0 atom stereocenters. The molecule has 1 aromatic heterocycles. The Morgan fingerprint density at radius 3 is 2.74 bits per heavy atom. The van der Waals surface area contributed by atoms with E-state index < -0.39 is 0 Å². The van der Waals surface area contributed by atoms with Gasteiger partial charge in [-0.1, -0.05) is 24.3 Å². The molecule has 0 bridgehead atoms. The van der Waals surface area contributed by atoms with Gasteiger partial charge in [-0.05, 0) is 29.3 Å². The number of pyridine rings is 1. The van der Waals surface area contributed by atoms with Crippen LogP contribution in [0.3, 0.4) is 0 Å². The largest absolute Gasteiger partial charge is 0.392 e. The molecular formula is C15H12N2O2. The van der Waals surface area contributed by atoms with Crippen molar-refractivity contribution in [3.63, 3.8) is 0 Å². The van der Waals surface area contributed by atoms with Crippen LogP contribution in [0.2, 0.25) is 0 Å². The quantitative estimate of drug-likeness (QED) is 0.804. The zero-order valence-corrected chi connectivity index (χ0v) is 10.1. The first-order chi connectivity index (χ1) is 9.28. The molecule has 4 nitrogen and oxygen atoms in total. The summed E-state index contributed by atoms with van der Waals surface area (Å²) in [5, 5.41) is 11.7. The first-order valence-corrected chi connectivity index (χ1v) is 5.96. The molecule has 1 aromatic carbocycles. The molecule has 0 saturated heterocycles. The van der Waals surface area contributed by atoms with Gasteiger partial charge in [0, 0.05) is 11.8 Å². The minimum atomic E-state index is -0.139. The van der Waals surface area contributed by atoms with Gasteiger partial charge in [-0.2, -0.15) is 0 Å². The third kappa shape index (κ3) is 2.13. The lowest BCUT2D eigenvalue weighted by Crippen LogP contribution is -2.04. The number of aliphatic hydroxyl groups is 1. The van der Waals surface area contributed by atoms with Crippen molar-refractivity contribution in [2.75, 3.05) is 5.32 Å². The van der Waals surface area contributed by atoms with E-state index in [1.54, 1.807) is 6.20 Å². The van der Waals surface area contributed by atoms with E-state index in [1.807, 2.05) is 42.5 Å². The Bertz CT molecular complexity index is 660. The van der Waals surface area contributed by atoms with Gasteiger partial charge in [-0.3, -0.25) is 4.79 Å². The average molecular weight is 252 g/mol. The predicted octanol–water partition coefficient (Wildman–Crippen LogP) is 2.07. The molecule has 2 heterocycles. The van der Waals surface area contributed by atoms with Crippen LogP contribution in [0, 0.1) is 0 Å². The van der Waals surface area contributed by atoms with Crippen LogP contribution in [0.15, 0.2) is 42.6 Å². The second-order valence-corrected chi connectivity index (χ2v) is 4.31. The van der Waals surface area contributed by atoms with E-state index in [0.29, 0.717) is 11.4 Å². The Balaban J connectivity index is 2.01. The molecule has 19 heavy (non-hydrogen) atoms. The first-order valence-electron chi connectivity index (χ1n) is 5.96. The molecule has 1 amide bonds. The highest BCUT2D eigenvalue weighted by Gasteiger charge is 2.24. The van der Waals surface area contributed by atoms with Crippen molar-refractivity contribution < 1.29 is 9.90 Å². The summed E-state index contributed by atoms with van der Waals surface area (Å²) in [4.78, 5) is 16.0. The Kier molecular flexibility index (Phi) is 2.85. The second-order valence-electron chi connectivity index (χ2n) is 4.31. The molecule has 0 radical (unpaired) electrons. The summed E-state index contributed by atoms with van der Waals surface area (Å²) in [6, 6.07) is 11.1. The summed E-state index contributed by atoms with van der Waals surface area (Å²) in [6.07, 6.45) is 3.47. The smallest absolute Gasteiger partial charge is 0.257 e. The van der Waals surface area contributed by atoms with Crippen molar-refractivity contribution >= 4 is 23.4 Å². The molecule has 94 valence electrons. The van der Waals surface area contributed by atoms with Crippen molar-refractivity contribution in [1.82, 2.24) is 4.98 Å². The molecule has 2 N–H and O–H groups in total. The molecule has 3 rings (SSSR count). The number of carbonyl (C=O) groups excluding carboxylic acids is 1. The van der Waals surface area contributed by atoms with Crippen LogP contribution < -0.4 is 5.32 Å². The highest BCUT2D eigenvalue weighted by atomic mass is 16.3. The van der Waals surface area contributed by atoms with E-state index in [1.165, 1.54) is 0 Å². The van der Waals surface area contributed by atoms with E-state index in [9.17, 15) is 4.79 Å². The number of aromatic nitrogens is 1. The summed E-state index contributed by atoms with van der Waals surface area (Å²) in [5.74, 6) is 0.464. The average Bonchev–Trinajstić information content (AvgIpc) is 2.76. The summed E-state index contributed by atoms with van der Waals surface area (Å²) < 4.78 is 0.